The minimum Gasteiger partial charge on any atom is -0.372 e. The second-order valence-corrected chi connectivity index (χ2v) is 8.41. The zero-order valence-electron chi connectivity index (χ0n) is 12.8. The van der Waals surface area contributed by atoms with Crippen LogP contribution in [-0.4, -0.2) is 17.0 Å². The van der Waals surface area contributed by atoms with Crippen LogP contribution in [0.1, 0.15) is 50.1 Å². The molecule has 5 heteroatoms. The molecule has 0 unspecified atom stereocenters. The molecule has 0 aromatic carbocycles. The first kappa shape index (κ1) is 15.0. The van der Waals surface area contributed by atoms with Crippen molar-refractivity contribution >= 4 is 33.1 Å². The highest BCUT2D eigenvalue weighted by Crippen LogP contribution is 2.45. The van der Waals surface area contributed by atoms with Gasteiger partial charge in [0.15, 0.2) is 5.82 Å². The third-order valence-corrected chi connectivity index (χ3v) is 5.93. The highest BCUT2D eigenvalue weighted by atomic mass is 79.9. The van der Waals surface area contributed by atoms with E-state index in [1.807, 2.05) is 7.05 Å². The van der Waals surface area contributed by atoms with Crippen LogP contribution in [-0.2, 0) is 5.41 Å². The number of anilines is 1. The maximum atomic E-state index is 4.82. The number of aromatic nitrogens is 2. The molecule has 1 aliphatic rings. The number of nitrogens with zero attached hydrogens (tertiary/aromatic N) is 2. The van der Waals surface area contributed by atoms with Gasteiger partial charge in [0.2, 0.25) is 0 Å². The van der Waals surface area contributed by atoms with E-state index in [2.05, 4.69) is 59.1 Å². The third kappa shape index (κ3) is 2.99. The summed E-state index contributed by atoms with van der Waals surface area (Å²) in [4.78, 5) is 12.0. The smallest absolute Gasteiger partial charge is 0.171 e. The zero-order chi connectivity index (χ0) is 15.2. The Hall–Kier alpha value is -0.940. The van der Waals surface area contributed by atoms with E-state index in [9.17, 15) is 0 Å². The molecule has 3 nitrogen and oxygen atoms in total. The normalized spacial score (nSPS) is 15.3. The SMILES string of the molecule is CNc1nc(-c2ccc(C(C)(C)C)s2)nc(C2CC2)c1Br. The van der Waals surface area contributed by atoms with Crippen molar-refractivity contribution in [1.82, 2.24) is 9.97 Å². The molecule has 2 aromatic rings. The Morgan fingerprint density at radius 1 is 1.24 bits per heavy atom. The van der Waals surface area contributed by atoms with Gasteiger partial charge in [-0.15, -0.1) is 11.3 Å². The molecular weight excluding hydrogens is 346 g/mol. The molecular formula is C16H20BrN3S. The summed E-state index contributed by atoms with van der Waals surface area (Å²) in [6.45, 7) is 6.71. The van der Waals surface area contributed by atoms with Crippen LogP contribution in [0.2, 0.25) is 0 Å². The van der Waals surface area contributed by atoms with Gasteiger partial charge in [0, 0.05) is 17.8 Å². The molecule has 0 aliphatic heterocycles. The van der Waals surface area contributed by atoms with Gasteiger partial charge in [0.05, 0.1) is 15.0 Å². The van der Waals surface area contributed by atoms with E-state index >= 15 is 0 Å². The van der Waals surface area contributed by atoms with Crippen molar-refractivity contribution < 1.29 is 0 Å². The summed E-state index contributed by atoms with van der Waals surface area (Å²) >= 11 is 5.43. The van der Waals surface area contributed by atoms with Gasteiger partial charge in [-0.1, -0.05) is 20.8 Å². The largest absolute Gasteiger partial charge is 0.372 e. The molecule has 112 valence electrons. The van der Waals surface area contributed by atoms with Crippen molar-refractivity contribution in [3.63, 3.8) is 0 Å². The number of hydrogen-bond donors (Lipinski definition) is 1. The molecule has 21 heavy (non-hydrogen) atoms. The van der Waals surface area contributed by atoms with Crippen molar-refractivity contribution in [1.29, 1.82) is 0 Å². The van der Waals surface area contributed by atoms with E-state index in [1.165, 1.54) is 17.7 Å². The standard InChI is InChI=1S/C16H20BrN3S/c1-16(2,3)11-8-7-10(21-11)14-19-13(9-5-6-9)12(17)15(18-4)20-14/h7-9H,5-6H2,1-4H3,(H,18,19,20). The molecule has 0 saturated heterocycles. The summed E-state index contributed by atoms with van der Waals surface area (Å²) in [5.74, 6) is 2.31. The lowest BCUT2D eigenvalue weighted by atomic mass is 9.95. The van der Waals surface area contributed by atoms with Crippen LogP contribution < -0.4 is 5.32 Å². The van der Waals surface area contributed by atoms with Gasteiger partial charge in [0.1, 0.15) is 5.82 Å². The minimum absolute atomic E-state index is 0.170. The second-order valence-electron chi connectivity index (χ2n) is 6.53. The molecule has 2 heterocycles. The number of hydrogen-bond acceptors (Lipinski definition) is 4. The monoisotopic (exact) mass is 365 g/mol. The Bertz CT molecular complexity index is 669. The summed E-state index contributed by atoms with van der Waals surface area (Å²) in [7, 11) is 1.91. The number of rotatable bonds is 3. The summed E-state index contributed by atoms with van der Waals surface area (Å²) in [5.41, 5.74) is 1.32. The Balaban J connectivity index is 2.05. The molecule has 1 saturated carbocycles. The lowest BCUT2D eigenvalue weighted by molar-refractivity contribution is 0.604. The van der Waals surface area contributed by atoms with Crippen LogP contribution in [0.4, 0.5) is 5.82 Å². The Morgan fingerprint density at radius 3 is 2.48 bits per heavy atom. The van der Waals surface area contributed by atoms with E-state index in [4.69, 9.17) is 4.98 Å². The molecule has 2 aromatic heterocycles. The lowest BCUT2D eigenvalue weighted by Crippen LogP contribution is -2.07. The van der Waals surface area contributed by atoms with Gasteiger partial charge in [-0.3, -0.25) is 0 Å². The predicted molar refractivity (Wildman–Crippen MR) is 93.3 cm³/mol. The topological polar surface area (TPSA) is 37.8 Å². The first-order valence-corrected chi connectivity index (χ1v) is 8.87. The van der Waals surface area contributed by atoms with Gasteiger partial charge in [0.25, 0.3) is 0 Å². The molecule has 0 amide bonds. The third-order valence-electron chi connectivity index (χ3n) is 3.64. The van der Waals surface area contributed by atoms with Gasteiger partial charge in [-0.2, -0.15) is 0 Å². The Labute approximate surface area is 138 Å². The van der Waals surface area contributed by atoms with Crippen molar-refractivity contribution in [2.75, 3.05) is 12.4 Å². The van der Waals surface area contributed by atoms with Gasteiger partial charge >= 0.3 is 0 Å². The van der Waals surface area contributed by atoms with Crippen molar-refractivity contribution in [3.05, 3.63) is 27.2 Å². The molecule has 0 spiro atoms. The van der Waals surface area contributed by atoms with Gasteiger partial charge < -0.3 is 5.32 Å². The fourth-order valence-corrected chi connectivity index (χ4v) is 3.93. The highest BCUT2D eigenvalue weighted by molar-refractivity contribution is 9.10. The summed E-state index contributed by atoms with van der Waals surface area (Å²) in [6, 6.07) is 4.34. The molecule has 0 atom stereocenters. The van der Waals surface area contributed by atoms with Crippen LogP contribution in [0.15, 0.2) is 16.6 Å². The van der Waals surface area contributed by atoms with Crippen LogP contribution in [0, 0.1) is 0 Å². The van der Waals surface area contributed by atoms with E-state index in [1.54, 1.807) is 11.3 Å². The lowest BCUT2D eigenvalue weighted by Gasteiger charge is -2.15. The number of nitrogens with one attached hydrogen (secondary N) is 1. The number of halogens is 1. The molecule has 3 rings (SSSR count). The number of thiophene rings is 1. The maximum absolute atomic E-state index is 4.82. The average Bonchev–Trinajstić information content (AvgIpc) is 3.13. The zero-order valence-corrected chi connectivity index (χ0v) is 15.2. The highest BCUT2D eigenvalue weighted by Gasteiger charge is 2.29. The molecule has 1 aliphatic carbocycles. The van der Waals surface area contributed by atoms with Crippen LogP contribution in [0.3, 0.4) is 0 Å². The van der Waals surface area contributed by atoms with Gasteiger partial charge in [-0.25, -0.2) is 9.97 Å². The quantitative estimate of drug-likeness (QED) is 0.813. The summed E-state index contributed by atoms with van der Waals surface area (Å²) in [5, 5.41) is 3.17. The van der Waals surface area contributed by atoms with Crippen LogP contribution in [0.25, 0.3) is 10.7 Å². The average molecular weight is 366 g/mol. The van der Waals surface area contributed by atoms with Crippen LogP contribution in [0.5, 0.6) is 0 Å². The predicted octanol–water partition coefficient (Wildman–Crippen LogP) is 5.18. The first-order valence-electron chi connectivity index (χ1n) is 7.26. The van der Waals surface area contributed by atoms with Crippen molar-refractivity contribution in [2.24, 2.45) is 0 Å². The molecule has 1 fully saturated rings. The van der Waals surface area contributed by atoms with E-state index < -0.39 is 0 Å². The molecule has 1 N–H and O–H groups in total. The van der Waals surface area contributed by atoms with Crippen LogP contribution >= 0.6 is 27.3 Å². The molecule has 0 radical (unpaired) electrons. The maximum Gasteiger partial charge on any atom is 0.171 e. The Kier molecular flexibility index (Phi) is 3.82. The second kappa shape index (κ2) is 5.36. The summed E-state index contributed by atoms with van der Waals surface area (Å²) in [6.07, 6.45) is 2.46. The Morgan fingerprint density at radius 2 is 1.95 bits per heavy atom. The minimum atomic E-state index is 0.170. The molecule has 0 bridgehead atoms. The fraction of sp³-hybridized carbons (Fsp3) is 0.500. The fourth-order valence-electron chi connectivity index (χ4n) is 2.23. The van der Waals surface area contributed by atoms with Crippen molar-refractivity contribution in [3.8, 4) is 10.7 Å². The van der Waals surface area contributed by atoms with E-state index in [-0.39, 0.29) is 5.41 Å². The van der Waals surface area contributed by atoms with E-state index in [0.717, 1.165) is 26.7 Å². The first-order chi connectivity index (χ1) is 9.90. The van der Waals surface area contributed by atoms with Gasteiger partial charge in [-0.05, 0) is 46.3 Å². The van der Waals surface area contributed by atoms with Crippen molar-refractivity contribution in [2.45, 2.75) is 44.9 Å². The summed E-state index contributed by atoms with van der Waals surface area (Å²) < 4.78 is 1.02. The van der Waals surface area contributed by atoms with E-state index in [0.29, 0.717) is 5.92 Å².